The predicted molar refractivity (Wildman–Crippen MR) is 87.5 cm³/mol. The second-order valence-corrected chi connectivity index (χ2v) is 8.16. The normalized spacial score (nSPS) is 29.0. The molecule has 1 aliphatic heterocycles. The van der Waals surface area contributed by atoms with Crippen LogP contribution in [0.3, 0.4) is 0 Å². The first-order valence-electron chi connectivity index (χ1n) is 7.32. The van der Waals surface area contributed by atoms with E-state index in [1.54, 1.807) is 11.8 Å². The molecule has 20 heavy (non-hydrogen) atoms. The Labute approximate surface area is 133 Å². The molecule has 2 nitrogen and oxygen atoms in total. The molecule has 1 aromatic rings. The van der Waals surface area contributed by atoms with E-state index in [-0.39, 0.29) is 5.25 Å². The van der Waals surface area contributed by atoms with Crippen molar-refractivity contribution in [3.63, 3.8) is 0 Å². The monoisotopic (exact) mass is 353 g/mol. The molecule has 0 saturated heterocycles. The van der Waals surface area contributed by atoms with Crippen LogP contribution in [0.15, 0.2) is 29.2 Å². The molecule has 1 aliphatic carbocycles. The van der Waals surface area contributed by atoms with Gasteiger partial charge in [0.05, 0.1) is 5.25 Å². The number of halogens is 1. The second kappa shape index (κ2) is 6.10. The van der Waals surface area contributed by atoms with Gasteiger partial charge in [-0.2, -0.15) is 0 Å². The molecule has 3 atom stereocenters. The van der Waals surface area contributed by atoms with Gasteiger partial charge in [0.25, 0.3) is 0 Å². The van der Waals surface area contributed by atoms with Crippen LogP contribution in [0.4, 0.5) is 0 Å². The molecular formula is C16H20BrNOS. The molecule has 1 heterocycles. The third kappa shape index (κ3) is 2.77. The van der Waals surface area contributed by atoms with E-state index in [1.807, 2.05) is 11.9 Å². The molecule has 1 saturated carbocycles. The maximum Gasteiger partial charge on any atom is 0.236 e. The molecule has 108 valence electrons. The van der Waals surface area contributed by atoms with Gasteiger partial charge in [0, 0.05) is 22.8 Å². The van der Waals surface area contributed by atoms with Crippen LogP contribution in [0, 0.1) is 0 Å². The zero-order valence-electron chi connectivity index (χ0n) is 11.7. The summed E-state index contributed by atoms with van der Waals surface area (Å²) in [6.45, 7) is 0. The Hall–Kier alpha value is -0.480. The minimum absolute atomic E-state index is 0.0685. The number of alkyl halides is 1. The maximum absolute atomic E-state index is 12.7. The first kappa shape index (κ1) is 14.5. The quantitative estimate of drug-likeness (QED) is 0.752. The molecule has 1 fully saturated rings. The number of hydrogen-bond acceptors (Lipinski definition) is 2. The summed E-state index contributed by atoms with van der Waals surface area (Å²) in [4.78, 5) is 16.5. The van der Waals surface area contributed by atoms with E-state index < -0.39 is 0 Å². The van der Waals surface area contributed by atoms with Gasteiger partial charge in [0.15, 0.2) is 0 Å². The van der Waals surface area contributed by atoms with Crippen molar-refractivity contribution in [2.24, 2.45) is 0 Å². The van der Waals surface area contributed by atoms with E-state index in [0.717, 1.165) is 12.8 Å². The van der Waals surface area contributed by atoms with Crippen LogP contribution >= 0.6 is 27.7 Å². The highest BCUT2D eigenvalue weighted by atomic mass is 79.9. The smallest absolute Gasteiger partial charge is 0.236 e. The Morgan fingerprint density at radius 1 is 1.30 bits per heavy atom. The molecule has 1 aromatic carbocycles. The fourth-order valence-electron chi connectivity index (χ4n) is 3.21. The van der Waals surface area contributed by atoms with Crippen molar-refractivity contribution in [3.8, 4) is 0 Å². The predicted octanol–water partition coefficient (Wildman–Crippen LogP) is 3.87. The van der Waals surface area contributed by atoms with Crippen LogP contribution in [0.2, 0.25) is 0 Å². The summed E-state index contributed by atoms with van der Waals surface area (Å²) < 4.78 is 0. The zero-order valence-corrected chi connectivity index (χ0v) is 14.1. The number of carbonyl (C=O) groups is 1. The molecule has 1 amide bonds. The molecule has 0 spiro atoms. The van der Waals surface area contributed by atoms with Crippen molar-refractivity contribution in [1.82, 2.24) is 4.90 Å². The molecule has 4 heteroatoms. The maximum atomic E-state index is 12.7. The molecule has 2 aliphatic rings. The van der Waals surface area contributed by atoms with Crippen LogP contribution in [-0.4, -0.2) is 34.0 Å². The molecular weight excluding hydrogens is 334 g/mol. The number of fused-ring (bicyclic) bond motifs is 1. The fourth-order valence-corrected chi connectivity index (χ4v) is 5.45. The Kier molecular flexibility index (Phi) is 4.41. The third-order valence-electron chi connectivity index (χ3n) is 4.41. The third-order valence-corrected chi connectivity index (χ3v) is 6.79. The Morgan fingerprint density at radius 3 is 2.80 bits per heavy atom. The number of carbonyl (C=O) groups excluding carboxylic acids is 1. The van der Waals surface area contributed by atoms with Gasteiger partial charge in [-0.1, -0.05) is 47.0 Å². The molecule has 0 radical (unpaired) electrons. The molecule has 3 rings (SSSR count). The topological polar surface area (TPSA) is 20.3 Å². The summed E-state index contributed by atoms with van der Waals surface area (Å²) in [5.74, 6) is 0.294. The van der Waals surface area contributed by atoms with Gasteiger partial charge < -0.3 is 4.90 Å². The summed E-state index contributed by atoms with van der Waals surface area (Å²) in [6, 6.07) is 8.74. The van der Waals surface area contributed by atoms with Crippen LogP contribution in [0.5, 0.6) is 0 Å². The number of rotatable bonds is 2. The van der Waals surface area contributed by atoms with Crippen molar-refractivity contribution in [1.29, 1.82) is 0 Å². The number of amides is 1. The Balaban J connectivity index is 1.68. The largest absolute Gasteiger partial charge is 0.341 e. The van der Waals surface area contributed by atoms with E-state index in [0.29, 0.717) is 16.8 Å². The van der Waals surface area contributed by atoms with E-state index in [1.165, 1.54) is 29.7 Å². The van der Waals surface area contributed by atoms with E-state index >= 15 is 0 Å². The van der Waals surface area contributed by atoms with Crippen molar-refractivity contribution in [3.05, 3.63) is 29.8 Å². The SMILES string of the molecule is CN(C(=O)C1Cc2ccccc2S1)C1CCCCC1Br. The van der Waals surface area contributed by atoms with E-state index in [2.05, 4.69) is 40.2 Å². The second-order valence-electron chi connectivity index (χ2n) is 5.74. The van der Waals surface area contributed by atoms with Gasteiger partial charge in [0.2, 0.25) is 5.91 Å². The zero-order chi connectivity index (χ0) is 14.1. The summed E-state index contributed by atoms with van der Waals surface area (Å²) >= 11 is 5.49. The summed E-state index contributed by atoms with van der Waals surface area (Å²) in [7, 11) is 1.98. The first-order valence-corrected chi connectivity index (χ1v) is 9.11. The van der Waals surface area contributed by atoms with Gasteiger partial charge in [-0.05, 0) is 30.9 Å². The van der Waals surface area contributed by atoms with Crippen LogP contribution in [-0.2, 0) is 11.2 Å². The van der Waals surface area contributed by atoms with E-state index in [9.17, 15) is 4.79 Å². The first-order chi connectivity index (χ1) is 9.66. The number of hydrogen-bond donors (Lipinski definition) is 0. The highest BCUT2D eigenvalue weighted by Crippen LogP contribution is 2.38. The van der Waals surface area contributed by atoms with Crippen LogP contribution < -0.4 is 0 Å². The summed E-state index contributed by atoms with van der Waals surface area (Å²) in [6.07, 6.45) is 5.70. The lowest BCUT2D eigenvalue weighted by molar-refractivity contribution is -0.131. The minimum atomic E-state index is 0.0685. The van der Waals surface area contributed by atoms with Crippen molar-refractivity contribution >= 4 is 33.6 Å². The standard InChI is InChI=1S/C16H20BrNOS/c1-18(13-8-4-3-7-12(13)17)16(19)15-10-11-6-2-5-9-14(11)20-15/h2,5-6,9,12-13,15H,3-4,7-8,10H2,1H3. The van der Waals surface area contributed by atoms with Gasteiger partial charge in [0.1, 0.15) is 0 Å². The highest BCUT2D eigenvalue weighted by Gasteiger charge is 2.35. The fraction of sp³-hybridized carbons (Fsp3) is 0.562. The Bertz CT molecular complexity index is 482. The van der Waals surface area contributed by atoms with E-state index in [4.69, 9.17) is 0 Å². The number of nitrogens with zero attached hydrogens (tertiary/aromatic N) is 1. The van der Waals surface area contributed by atoms with Crippen LogP contribution in [0.25, 0.3) is 0 Å². The average molecular weight is 354 g/mol. The van der Waals surface area contributed by atoms with Crippen LogP contribution in [0.1, 0.15) is 31.2 Å². The van der Waals surface area contributed by atoms with Crippen molar-refractivity contribution in [2.75, 3.05) is 7.05 Å². The highest BCUT2D eigenvalue weighted by molar-refractivity contribution is 9.09. The lowest BCUT2D eigenvalue weighted by Gasteiger charge is -2.36. The van der Waals surface area contributed by atoms with Gasteiger partial charge in [-0.3, -0.25) is 4.79 Å². The average Bonchev–Trinajstić information content (AvgIpc) is 2.90. The number of benzene rings is 1. The van der Waals surface area contributed by atoms with Gasteiger partial charge in [-0.25, -0.2) is 0 Å². The Morgan fingerprint density at radius 2 is 2.05 bits per heavy atom. The lowest BCUT2D eigenvalue weighted by Crippen LogP contribution is -2.47. The molecule has 0 aromatic heterocycles. The summed E-state index contributed by atoms with van der Waals surface area (Å²) in [5, 5.41) is 0.0685. The summed E-state index contributed by atoms with van der Waals surface area (Å²) in [5.41, 5.74) is 1.32. The van der Waals surface area contributed by atoms with Gasteiger partial charge in [-0.15, -0.1) is 11.8 Å². The number of thioether (sulfide) groups is 1. The van der Waals surface area contributed by atoms with Crippen molar-refractivity contribution < 1.29 is 4.79 Å². The van der Waals surface area contributed by atoms with Crippen molar-refractivity contribution in [2.45, 2.75) is 53.1 Å². The molecule has 0 N–H and O–H groups in total. The van der Waals surface area contributed by atoms with Gasteiger partial charge >= 0.3 is 0 Å². The molecule has 3 unspecified atom stereocenters. The lowest BCUT2D eigenvalue weighted by atomic mass is 9.94. The minimum Gasteiger partial charge on any atom is -0.341 e. The molecule has 0 bridgehead atoms.